The van der Waals surface area contributed by atoms with Crippen molar-refractivity contribution in [1.82, 2.24) is 0 Å². The average molecular weight is 270 g/mol. The van der Waals surface area contributed by atoms with Gasteiger partial charge in [-0.05, 0) is 42.4 Å². The summed E-state index contributed by atoms with van der Waals surface area (Å²) in [5.74, 6) is 0.00935. The van der Waals surface area contributed by atoms with Crippen LogP contribution in [0, 0.1) is 5.41 Å². The molecule has 1 aromatic carbocycles. The normalized spacial score (nSPS) is 22.3. The van der Waals surface area contributed by atoms with E-state index in [4.69, 9.17) is 0 Å². The van der Waals surface area contributed by atoms with Gasteiger partial charge in [0.15, 0.2) is 5.78 Å². The number of allylic oxidation sites excluding steroid dienone is 2. The molecule has 106 valence electrons. The number of ketones is 1. The maximum absolute atomic E-state index is 12.5. The van der Waals surface area contributed by atoms with Gasteiger partial charge in [0.05, 0.1) is 6.10 Å². The lowest BCUT2D eigenvalue weighted by Crippen LogP contribution is -2.31. The van der Waals surface area contributed by atoms with Gasteiger partial charge in [0.25, 0.3) is 0 Å². The molecule has 0 spiro atoms. The van der Waals surface area contributed by atoms with Crippen molar-refractivity contribution < 1.29 is 9.90 Å². The van der Waals surface area contributed by atoms with Crippen molar-refractivity contribution in [3.63, 3.8) is 0 Å². The van der Waals surface area contributed by atoms with E-state index in [1.54, 1.807) is 6.08 Å². The molecule has 1 N–H and O–H groups in total. The molecule has 0 heterocycles. The summed E-state index contributed by atoms with van der Waals surface area (Å²) in [6, 6.07) is 9.77. The van der Waals surface area contributed by atoms with Crippen LogP contribution in [0.25, 0.3) is 6.08 Å². The van der Waals surface area contributed by atoms with E-state index in [0.717, 1.165) is 29.6 Å². The van der Waals surface area contributed by atoms with E-state index >= 15 is 0 Å². The van der Waals surface area contributed by atoms with Gasteiger partial charge in [-0.2, -0.15) is 0 Å². The van der Waals surface area contributed by atoms with Crippen LogP contribution in [0.5, 0.6) is 0 Å². The van der Waals surface area contributed by atoms with Gasteiger partial charge in [-0.1, -0.05) is 50.3 Å². The number of aliphatic hydroxyl groups excluding tert-OH is 1. The van der Waals surface area contributed by atoms with Gasteiger partial charge in [0.1, 0.15) is 0 Å². The van der Waals surface area contributed by atoms with Crippen LogP contribution in [-0.2, 0) is 4.79 Å². The molecular formula is C18H22O2. The summed E-state index contributed by atoms with van der Waals surface area (Å²) in [5.41, 5.74) is 2.43. The van der Waals surface area contributed by atoms with Crippen molar-refractivity contribution in [3.8, 4) is 0 Å². The molecule has 1 unspecified atom stereocenters. The fraction of sp³-hybridized carbons (Fsp3) is 0.389. The van der Waals surface area contributed by atoms with E-state index in [9.17, 15) is 9.90 Å². The average Bonchev–Trinajstić information content (AvgIpc) is 2.42. The molecule has 0 aromatic heterocycles. The summed E-state index contributed by atoms with van der Waals surface area (Å²) in [5, 5.41) is 9.98. The molecule has 0 saturated heterocycles. The van der Waals surface area contributed by atoms with Gasteiger partial charge in [-0.25, -0.2) is 0 Å². The Hall–Kier alpha value is -1.67. The van der Waals surface area contributed by atoms with Gasteiger partial charge in [-0.15, -0.1) is 0 Å². The van der Waals surface area contributed by atoms with Crippen molar-refractivity contribution in [2.24, 2.45) is 5.41 Å². The Balaban J connectivity index is 2.27. The maximum Gasteiger partial charge on any atom is 0.182 e. The first kappa shape index (κ1) is 14.7. The van der Waals surface area contributed by atoms with E-state index < -0.39 is 6.10 Å². The third-order valence-corrected chi connectivity index (χ3v) is 4.09. The second kappa shape index (κ2) is 5.76. The minimum atomic E-state index is -0.480. The Morgan fingerprint density at radius 2 is 1.95 bits per heavy atom. The van der Waals surface area contributed by atoms with Crippen LogP contribution in [0.3, 0.4) is 0 Å². The van der Waals surface area contributed by atoms with Crippen molar-refractivity contribution >= 4 is 11.9 Å². The third-order valence-electron chi connectivity index (χ3n) is 4.09. The molecule has 1 aliphatic carbocycles. The molecule has 1 atom stereocenters. The quantitative estimate of drug-likeness (QED) is 0.849. The molecule has 0 bridgehead atoms. The smallest absolute Gasteiger partial charge is 0.182 e. The summed E-state index contributed by atoms with van der Waals surface area (Å²) in [6.07, 6.45) is 4.55. The van der Waals surface area contributed by atoms with Crippen molar-refractivity contribution in [3.05, 3.63) is 53.1 Å². The third kappa shape index (κ3) is 3.07. The molecule has 0 fully saturated rings. The molecule has 20 heavy (non-hydrogen) atoms. The molecule has 2 heteroatoms. The number of benzene rings is 1. The highest BCUT2D eigenvalue weighted by atomic mass is 16.3. The first-order valence-corrected chi connectivity index (χ1v) is 7.08. The number of hydrogen-bond acceptors (Lipinski definition) is 2. The predicted octanol–water partition coefficient (Wildman–Crippen LogP) is 3.77. The summed E-state index contributed by atoms with van der Waals surface area (Å²) < 4.78 is 0. The van der Waals surface area contributed by atoms with Crippen LogP contribution in [0.2, 0.25) is 0 Å². The van der Waals surface area contributed by atoms with Gasteiger partial charge in [0.2, 0.25) is 0 Å². The number of hydrogen-bond donors (Lipinski definition) is 1. The lowest BCUT2D eigenvalue weighted by atomic mass is 9.70. The molecular weight excluding hydrogens is 248 g/mol. The minimum absolute atomic E-state index is 0.00935. The van der Waals surface area contributed by atoms with E-state index in [1.807, 2.05) is 43.3 Å². The Labute approximate surface area is 120 Å². The Bertz CT molecular complexity index is 550. The summed E-state index contributed by atoms with van der Waals surface area (Å²) in [6.45, 7) is 6.02. The van der Waals surface area contributed by atoms with E-state index in [1.165, 1.54) is 0 Å². The predicted molar refractivity (Wildman–Crippen MR) is 82.2 cm³/mol. The number of carbonyl (C=O) groups is 1. The van der Waals surface area contributed by atoms with Crippen LogP contribution >= 0.6 is 0 Å². The van der Waals surface area contributed by atoms with Gasteiger partial charge in [-0.3, -0.25) is 4.79 Å². The zero-order chi connectivity index (χ0) is 14.8. The lowest BCUT2D eigenvalue weighted by molar-refractivity contribution is -0.112. The molecule has 0 aliphatic heterocycles. The fourth-order valence-electron chi connectivity index (χ4n) is 2.89. The Morgan fingerprint density at radius 1 is 1.30 bits per heavy atom. The second-order valence-corrected chi connectivity index (χ2v) is 6.10. The lowest BCUT2D eigenvalue weighted by Gasteiger charge is -2.35. The topological polar surface area (TPSA) is 37.3 Å². The molecule has 2 rings (SSSR count). The Kier molecular flexibility index (Phi) is 4.24. The minimum Gasteiger partial charge on any atom is -0.389 e. The number of carbonyl (C=O) groups excluding carboxylic acids is 1. The highest BCUT2D eigenvalue weighted by molar-refractivity contribution is 6.07. The Morgan fingerprint density at radius 3 is 2.60 bits per heavy atom. The summed E-state index contributed by atoms with van der Waals surface area (Å²) in [7, 11) is 0. The highest BCUT2D eigenvalue weighted by Crippen LogP contribution is 2.40. The zero-order valence-electron chi connectivity index (χ0n) is 12.4. The largest absolute Gasteiger partial charge is 0.389 e. The molecule has 0 radical (unpaired) electrons. The number of rotatable bonds is 3. The number of aliphatic hydroxyl groups is 1. The van der Waals surface area contributed by atoms with E-state index in [-0.39, 0.29) is 11.2 Å². The highest BCUT2D eigenvalue weighted by Gasteiger charge is 2.35. The van der Waals surface area contributed by atoms with Crippen LogP contribution < -0.4 is 0 Å². The molecule has 0 amide bonds. The fourth-order valence-corrected chi connectivity index (χ4v) is 2.89. The van der Waals surface area contributed by atoms with Crippen molar-refractivity contribution in [1.29, 1.82) is 0 Å². The van der Waals surface area contributed by atoms with Crippen molar-refractivity contribution in [2.45, 2.75) is 39.7 Å². The standard InChI is InChI=1S/C18H22O2/c1-13-15(19)11-12-18(2,3)17(13)16(20)10-9-14-7-5-4-6-8-14/h4-10,15,19H,11-12H2,1-3H3/b10-9+. The maximum atomic E-state index is 12.5. The summed E-state index contributed by atoms with van der Waals surface area (Å²) >= 11 is 0. The van der Waals surface area contributed by atoms with E-state index in [2.05, 4.69) is 13.8 Å². The zero-order valence-corrected chi connectivity index (χ0v) is 12.4. The first-order valence-electron chi connectivity index (χ1n) is 7.08. The molecule has 1 aliphatic rings. The van der Waals surface area contributed by atoms with Gasteiger partial charge < -0.3 is 5.11 Å². The second-order valence-electron chi connectivity index (χ2n) is 6.10. The SMILES string of the molecule is CC1=C(C(=O)/C=C/c2ccccc2)C(C)(C)CCC1O. The van der Waals surface area contributed by atoms with Gasteiger partial charge >= 0.3 is 0 Å². The van der Waals surface area contributed by atoms with Crippen LogP contribution in [0.15, 0.2) is 47.6 Å². The van der Waals surface area contributed by atoms with Crippen LogP contribution in [0.1, 0.15) is 39.2 Å². The molecule has 1 aromatic rings. The van der Waals surface area contributed by atoms with Crippen molar-refractivity contribution in [2.75, 3.05) is 0 Å². The summed E-state index contributed by atoms with van der Waals surface area (Å²) in [4.78, 5) is 12.5. The van der Waals surface area contributed by atoms with Gasteiger partial charge in [0, 0.05) is 5.57 Å². The molecule has 0 saturated carbocycles. The molecule has 2 nitrogen and oxygen atoms in total. The van der Waals surface area contributed by atoms with Crippen LogP contribution in [-0.4, -0.2) is 17.0 Å². The first-order chi connectivity index (χ1) is 9.42. The van der Waals surface area contributed by atoms with Crippen LogP contribution in [0.4, 0.5) is 0 Å². The monoisotopic (exact) mass is 270 g/mol. The van der Waals surface area contributed by atoms with E-state index in [0.29, 0.717) is 0 Å².